The summed E-state index contributed by atoms with van der Waals surface area (Å²) in [5, 5.41) is 4.06. The minimum absolute atomic E-state index is 0.121. The van der Waals surface area contributed by atoms with Crippen LogP contribution in [-0.2, 0) is 12.8 Å². The van der Waals surface area contributed by atoms with Gasteiger partial charge in [-0.15, -0.1) is 0 Å². The number of rotatable bonds is 3. The molecule has 0 aliphatic heterocycles. The molecule has 0 unspecified atom stereocenters. The van der Waals surface area contributed by atoms with Gasteiger partial charge >= 0.3 is 0 Å². The van der Waals surface area contributed by atoms with Crippen molar-refractivity contribution < 1.29 is 4.52 Å². The SMILES string of the molecule is CC(C)(C)Cc1noc(CC2(N)CCCCC2)n1. The van der Waals surface area contributed by atoms with Crippen LogP contribution in [0.4, 0.5) is 0 Å². The van der Waals surface area contributed by atoms with E-state index < -0.39 is 0 Å². The van der Waals surface area contributed by atoms with E-state index in [1.165, 1.54) is 19.3 Å². The number of aromatic nitrogens is 2. The van der Waals surface area contributed by atoms with Crippen molar-refractivity contribution in [3.63, 3.8) is 0 Å². The van der Waals surface area contributed by atoms with Crippen LogP contribution >= 0.6 is 0 Å². The average molecular weight is 251 g/mol. The summed E-state index contributed by atoms with van der Waals surface area (Å²) in [6, 6.07) is 0. The highest BCUT2D eigenvalue weighted by molar-refractivity contribution is 4.98. The molecular formula is C14H25N3O. The molecular weight excluding hydrogens is 226 g/mol. The predicted octanol–water partition coefficient (Wildman–Crippen LogP) is 2.86. The van der Waals surface area contributed by atoms with Gasteiger partial charge in [-0.05, 0) is 18.3 Å². The highest BCUT2D eigenvalue weighted by Crippen LogP contribution is 2.29. The molecule has 0 saturated heterocycles. The minimum Gasteiger partial charge on any atom is -0.339 e. The molecule has 4 heteroatoms. The Labute approximate surface area is 109 Å². The van der Waals surface area contributed by atoms with Gasteiger partial charge in [-0.2, -0.15) is 4.98 Å². The lowest BCUT2D eigenvalue weighted by Crippen LogP contribution is -2.43. The van der Waals surface area contributed by atoms with E-state index in [2.05, 4.69) is 30.9 Å². The van der Waals surface area contributed by atoms with E-state index in [0.717, 1.165) is 31.5 Å². The summed E-state index contributed by atoms with van der Waals surface area (Å²) in [5.74, 6) is 1.51. The van der Waals surface area contributed by atoms with Crippen LogP contribution in [0.25, 0.3) is 0 Å². The highest BCUT2D eigenvalue weighted by Gasteiger charge is 2.30. The second-order valence-electron chi connectivity index (χ2n) is 6.94. The number of hydrogen-bond donors (Lipinski definition) is 1. The third-order valence-corrected chi connectivity index (χ3v) is 3.55. The van der Waals surface area contributed by atoms with Gasteiger partial charge in [0.2, 0.25) is 5.89 Å². The molecule has 0 bridgehead atoms. The van der Waals surface area contributed by atoms with Crippen LogP contribution in [0.1, 0.15) is 64.6 Å². The summed E-state index contributed by atoms with van der Waals surface area (Å²) in [6.07, 6.45) is 7.46. The minimum atomic E-state index is -0.121. The van der Waals surface area contributed by atoms with E-state index in [4.69, 9.17) is 10.3 Å². The van der Waals surface area contributed by atoms with E-state index in [0.29, 0.717) is 5.89 Å². The Morgan fingerprint density at radius 2 is 1.89 bits per heavy atom. The molecule has 4 nitrogen and oxygen atoms in total. The van der Waals surface area contributed by atoms with Gasteiger partial charge in [-0.3, -0.25) is 0 Å². The predicted molar refractivity (Wildman–Crippen MR) is 71.2 cm³/mol. The highest BCUT2D eigenvalue weighted by atomic mass is 16.5. The van der Waals surface area contributed by atoms with E-state index in [1.54, 1.807) is 0 Å². The molecule has 2 rings (SSSR count). The zero-order valence-electron chi connectivity index (χ0n) is 11.8. The summed E-state index contributed by atoms with van der Waals surface area (Å²) in [4.78, 5) is 4.48. The lowest BCUT2D eigenvalue weighted by Gasteiger charge is -2.31. The lowest BCUT2D eigenvalue weighted by molar-refractivity contribution is 0.260. The van der Waals surface area contributed by atoms with Crippen molar-refractivity contribution in [3.05, 3.63) is 11.7 Å². The maximum absolute atomic E-state index is 6.40. The van der Waals surface area contributed by atoms with Gasteiger partial charge in [0, 0.05) is 18.4 Å². The van der Waals surface area contributed by atoms with Crippen molar-refractivity contribution in [1.82, 2.24) is 10.1 Å². The summed E-state index contributed by atoms with van der Waals surface area (Å²) in [7, 11) is 0. The van der Waals surface area contributed by atoms with Gasteiger partial charge in [-0.25, -0.2) is 0 Å². The van der Waals surface area contributed by atoms with Gasteiger partial charge in [0.1, 0.15) is 0 Å². The van der Waals surface area contributed by atoms with Crippen LogP contribution < -0.4 is 5.73 Å². The molecule has 1 fully saturated rings. The topological polar surface area (TPSA) is 64.9 Å². The summed E-state index contributed by atoms with van der Waals surface area (Å²) >= 11 is 0. The van der Waals surface area contributed by atoms with E-state index >= 15 is 0 Å². The molecule has 1 aromatic rings. The maximum atomic E-state index is 6.40. The van der Waals surface area contributed by atoms with E-state index in [1.807, 2.05) is 0 Å². The molecule has 1 saturated carbocycles. The Bertz CT molecular complexity index is 386. The lowest BCUT2D eigenvalue weighted by atomic mass is 9.80. The van der Waals surface area contributed by atoms with E-state index in [9.17, 15) is 0 Å². The van der Waals surface area contributed by atoms with Gasteiger partial charge in [0.15, 0.2) is 5.82 Å². The summed E-state index contributed by atoms with van der Waals surface area (Å²) in [5.41, 5.74) is 6.47. The van der Waals surface area contributed by atoms with Crippen LogP contribution in [0.2, 0.25) is 0 Å². The smallest absolute Gasteiger partial charge is 0.228 e. The number of hydrogen-bond acceptors (Lipinski definition) is 4. The third kappa shape index (κ3) is 3.80. The molecule has 1 heterocycles. The first-order valence-electron chi connectivity index (χ1n) is 6.97. The molecule has 102 valence electrons. The molecule has 1 aliphatic carbocycles. The first kappa shape index (κ1) is 13.5. The Morgan fingerprint density at radius 1 is 1.22 bits per heavy atom. The largest absolute Gasteiger partial charge is 0.339 e. The molecule has 1 aromatic heterocycles. The molecule has 0 amide bonds. The van der Waals surface area contributed by atoms with Crippen molar-refractivity contribution in [2.75, 3.05) is 0 Å². The Kier molecular flexibility index (Phi) is 3.76. The first-order valence-corrected chi connectivity index (χ1v) is 6.97. The quantitative estimate of drug-likeness (QED) is 0.897. The number of nitrogens with two attached hydrogens (primary N) is 1. The number of nitrogens with zero attached hydrogens (tertiary/aromatic N) is 2. The van der Waals surface area contributed by atoms with Crippen molar-refractivity contribution in [2.24, 2.45) is 11.1 Å². The van der Waals surface area contributed by atoms with Crippen LogP contribution in [0.15, 0.2) is 4.52 Å². The Morgan fingerprint density at radius 3 is 2.50 bits per heavy atom. The van der Waals surface area contributed by atoms with Gasteiger partial charge < -0.3 is 10.3 Å². The van der Waals surface area contributed by atoms with Crippen molar-refractivity contribution in [2.45, 2.75) is 71.3 Å². The summed E-state index contributed by atoms with van der Waals surface area (Å²) < 4.78 is 5.34. The zero-order valence-corrected chi connectivity index (χ0v) is 11.8. The second kappa shape index (κ2) is 5.00. The fraction of sp³-hybridized carbons (Fsp3) is 0.857. The molecule has 1 aliphatic rings. The molecule has 0 atom stereocenters. The van der Waals surface area contributed by atoms with Crippen LogP contribution in [0.3, 0.4) is 0 Å². The van der Waals surface area contributed by atoms with Gasteiger partial charge in [0.25, 0.3) is 0 Å². The fourth-order valence-corrected chi connectivity index (χ4v) is 2.64. The molecule has 0 aromatic carbocycles. The standard InChI is InChI=1S/C14H25N3O/c1-13(2,3)9-11-16-12(18-17-11)10-14(15)7-5-4-6-8-14/h4-10,15H2,1-3H3. The van der Waals surface area contributed by atoms with Gasteiger partial charge in [-0.1, -0.05) is 45.2 Å². The molecule has 18 heavy (non-hydrogen) atoms. The van der Waals surface area contributed by atoms with Crippen molar-refractivity contribution in [3.8, 4) is 0 Å². The Hall–Kier alpha value is -0.900. The van der Waals surface area contributed by atoms with Crippen molar-refractivity contribution in [1.29, 1.82) is 0 Å². The normalized spacial score (nSPS) is 20.0. The third-order valence-electron chi connectivity index (χ3n) is 3.55. The van der Waals surface area contributed by atoms with Crippen molar-refractivity contribution >= 4 is 0 Å². The Balaban J connectivity index is 1.97. The van der Waals surface area contributed by atoms with Crippen LogP contribution in [0.5, 0.6) is 0 Å². The average Bonchev–Trinajstić information content (AvgIpc) is 2.62. The zero-order chi connectivity index (χ0) is 13.2. The first-order chi connectivity index (χ1) is 8.36. The second-order valence-corrected chi connectivity index (χ2v) is 6.94. The van der Waals surface area contributed by atoms with Crippen LogP contribution in [0, 0.1) is 5.41 Å². The fourth-order valence-electron chi connectivity index (χ4n) is 2.64. The molecule has 2 N–H and O–H groups in total. The van der Waals surface area contributed by atoms with Crippen LogP contribution in [-0.4, -0.2) is 15.7 Å². The summed E-state index contributed by atoms with van der Waals surface area (Å²) in [6.45, 7) is 6.53. The van der Waals surface area contributed by atoms with E-state index in [-0.39, 0.29) is 11.0 Å². The maximum Gasteiger partial charge on any atom is 0.228 e. The van der Waals surface area contributed by atoms with Gasteiger partial charge in [0.05, 0.1) is 0 Å². The monoisotopic (exact) mass is 251 g/mol. The molecule has 0 radical (unpaired) electrons. The molecule has 0 spiro atoms.